The summed E-state index contributed by atoms with van der Waals surface area (Å²) in [6, 6.07) is 14.0. The van der Waals surface area contributed by atoms with E-state index in [9.17, 15) is 4.79 Å². The van der Waals surface area contributed by atoms with Gasteiger partial charge in [-0.3, -0.25) is 0 Å². The molecular formula is C16H16N2O4. The van der Waals surface area contributed by atoms with Gasteiger partial charge in [-0.2, -0.15) is 10.2 Å². The number of carbonyl (C=O) groups is 1. The van der Waals surface area contributed by atoms with Gasteiger partial charge in [0.25, 0.3) is 0 Å². The molecular weight excluding hydrogens is 284 g/mol. The van der Waals surface area contributed by atoms with Crippen LogP contribution in [0.2, 0.25) is 0 Å². The van der Waals surface area contributed by atoms with Gasteiger partial charge in [-0.05, 0) is 42.0 Å². The van der Waals surface area contributed by atoms with Gasteiger partial charge in [-0.1, -0.05) is 12.1 Å². The molecule has 0 aliphatic heterocycles. The fourth-order valence-electron chi connectivity index (χ4n) is 1.59. The Labute approximate surface area is 128 Å². The molecule has 0 unspecified atom stereocenters. The van der Waals surface area contributed by atoms with Crippen LogP contribution >= 0.6 is 0 Å². The molecule has 0 bridgehead atoms. The molecule has 22 heavy (non-hydrogen) atoms. The molecule has 0 fully saturated rings. The summed E-state index contributed by atoms with van der Waals surface area (Å²) in [4.78, 5) is 11.0. The number of hydrogen-bond acceptors (Lipinski definition) is 6. The first-order chi connectivity index (χ1) is 10.7. The van der Waals surface area contributed by atoms with Gasteiger partial charge in [0.15, 0.2) is 6.61 Å². The van der Waals surface area contributed by atoms with Gasteiger partial charge in [-0.25, -0.2) is 4.79 Å². The molecule has 1 N–H and O–H groups in total. The van der Waals surface area contributed by atoms with E-state index in [1.165, 1.54) is 7.11 Å². The van der Waals surface area contributed by atoms with Crippen LogP contribution in [-0.4, -0.2) is 24.8 Å². The third-order valence-corrected chi connectivity index (χ3v) is 2.82. The van der Waals surface area contributed by atoms with E-state index in [1.54, 1.807) is 48.5 Å². The van der Waals surface area contributed by atoms with E-state index in [2.05, 4.69) is 15.0 Å². The minimum atomic E-state index is -0.435. The number of benzene rings is 2. The van der Waals surface area contributed by atoms with E-state index in [0.29, 0.717) is 17.1 Å². The normalized spacial score (nSPS) is 10.6. The first-order valence-corrected chi connectivity index (χ1v) is 6.62. The average molecular weight is 300 g/mol. The smallest absolute Gasteiger partial charge is 0.343 e. The van der Waals surface area contributed by atoms with Crippen LogP contribution < -0.4 is 4.74 Å². The lowest BCUT2D eigenvalue weighted by Gasteiger charge is -2.04. The molecule has 0 aromatic heterocycles. The zero-order valence-electron chi connectivity index (χ0n) is 12.1. The number of ether oxygens (including phenoxy) is 2. The van der Waals surface area contributed by atoms with Crippen LogP contribution in [0.4, 0.5) is 11.4 Å². The molecule has 0 spiro atoms. The number of esters is 1. The van der Waals surface area contributed by atoms with Gasteiger partial charge in [-0.15, -0.1) is 0 Å². The van der Waals surface area contributed by atoms with Crippen LogP contribution in [0.25, 0.3) is 0 Å². The van der Waals surface area contributed by atoms with Crippen molar-refractivity contribution in [3.63, 3.8) is 0 Å². The number of hydrogen-bond donors (Lipinski definition) is 1. The zero-order chi connectivity index (χ0) is 15.8. The highest BCUT2D eigenvalue weighted by Crippen LogP contribution is 2.21. The highest BCUT2D eigenvalue weighted by molar-refractivity contribution is 5.70. The Hall–Kier alpha value is -2.73. The predicted molar refractivity (Wildman–Crippen MR) is 80.5 cm³/mol. The standard InChI is InChI=1S/C16H16N2O4/c1-21-16(20)11-22-15-8-6-14(7-9-15)18-17-13-4-2-12(10-19)3-5-13/h2-9,19H,10-11H2,1H3. The van der Waals surface area contributed by atoms with Crippen LogP contribution in [-0.2, 0) is 16.1 Å². The summed E-state index contributed by atoms with van der Waals surface area (Å²) in [7, 11) is 1.31. The SMILES string of the molecule is COC(=O)COc1ccc(N=Nc2ccc(CO)cc2)cc1. The quantitative estimate of drug-likeness (QED) is 0.656. The monoisotopic (exact) mass is 300 g/mol. The number of aliphatic hydroxyl groups excluding tert-OH is 1. The summed E-state index contributed by atoms with van der Waals surface area (Å²) >= 11 is 0. The molecule has 0 saturated carbocycles. The average Bonchev–Trinajstić information content (AvgIpc) is 2.59. The summed E-state index contributed by atoms with van der Waals surface area (Å²) in [6.45, 7) is -0.126. The van der Waals surface area contributed by atoms with Crippen molar-refractivity contribution in [2.24, 2.45) is 10.2 Å². The minimum absolute atomic E-state index is 0.00442. The Morgan fingerprint density at radius 2 is 1.55 bits per heavy atom. The zero-order valence-corrected chi connectivity index (χ0v) is 12.1. The number of nitrogens with zero attached hydrogens (tertiary/aromatic N) is 2. The number of rotatable bonds is 6. The number of azo groups is 1. The van der Waals surface area contributed by atoms with Crippen molar-refractivity contribution in [3.05, 3.63) is 54.1 Å². The van der Waals surface area contributed by atoms with Crippen LogP contribution in [0.5, 0.6) is 5.75 Å². The largest absolute Gasteiger partial charge is 0.482 e. The van der Waals surface area contributed by atoms with Gasteiger partial charge in [0.05, 0.1) is 25.1 Å². The van der Waals surface area contributed by atoms with Crippen molar-refractivity contribution < 1.29 is 19.4 Å². The third-order valence-electron chi connectivity index (χ3n) is 2.82. The topological polar surface area (TPSA) is 80.5 Å². The molecule has 0 radical (unpaired) electrons. The van der Waals surface area contributed by atoms with Crippen molar-refractivity contribution >= 4 is 17.3 Å². The van der Waals surface area contributed by atoms with Crippen LogP contribution in [0.3, 0.4) is 0 Å². The second-order valence-electron chi connectivity index (χ2n) is 4.38. The van der Waals surface area contributed by atoms with Crippen molar-refractivity contribution in [1.82, 2.24) is 0 Å². The maximum absolute atomic E-state index is 11.0. The van der Waals surface area contributed by atoms with Crippen molar-refractivity contribution in [2.45, 2.75) is 6.61 Å². The summed E-state index contributed by atoms with van der Waals surface area (Å²) in [5, 5.41) is 17.2. The second-order valence-corrected chi connectivity index (χ2v) is 4.38. The van der Waals surface area contributed by atoms with Gasteiger partial charge in [0.1, 0.15) is 5.75 Å². The summed E-state index contributed by atoms with van der Waals surface area (Å²) < 4.78 is 9.72. The Morgan fingerprint density at radius 3 is 2.05 bits per heavy atom. The second kappa shape index (κ2) is 7.90. The lowest BCUT2D eigenvalue weighted by molar-refractivity contribution is -0.142. The molecule has 6 heteroatoms. The molecule has 0 heterocycles. The van der Waals surface area contributed by atoms with E-state index >= 15 is 0 Å². The first kappa shape index (κ1) is 15.7. The highest BCUT2D eigenvalue weighted by atomic mass is 16.6. The Kier molecular flexibility index (Phi) is 5.62. The van der Waals surface area contributed by atoms with Gasteiger partial charge in [0.2, 0.25) is 0 Å². The van der Waals surface area contributed by atoms with Gasteiger partial charge < -0.3 is 14.6 Å². The van der Waals surface area contributed by atoms with Gasteiger partial charge in [0, 0.05) is 0 Å². The lowest BCUT2D eigenvalue weighted by atomic mass is 10.2. The summed E-state index contributed by atoms with van der Waals surface area (Å²) in [5.74, 6) is 0.117. The van der Waals surface area contributed by atoms with E-state index in [-0.39, 0.29) is 13.2 Å². The Bertz CT molecular complexity index is 636. The van der Waals surface area contributed by atoms with Crippen LogP contribution in [0.1, 0.15) is 5.56 Å². The molecule has 0 saturated heterocycles. The Balaban J connectivity index is 1.95. The number of aliphatic hydroxyl groups is 1. The molecule has 2 aromatic carbocycles. The fraction of sp³-hybridized carbons (Fsp3) is 0.188. The first-order valence-electron chi connectivity index (χ1n) is 6.62. The summed E-state index contributed by atoms with van der Waals surface area (Å²) in [6.07, 6.45) is 0. The molecule has 0 aliphatic carbocycles. The van der Waals surface area contributed by atoms with Crippen molar-refractivity contribution in [3.8, 4) is 5.75 Å². The molecule has 0 aliphatic rings. The van der Waals surface area contributed by atoms with E-state index in [4.69, 9.17) is 9.84 Å². The lowest BCUT2D eigenvalue weighted by Crippen LogP contribution is -2.12. The fourth-order valence-corrected chi connectivity index (χ4v) is 1.59. The molecule has 6 nitrogen and oxygen atoms in total. The third kappa shape index (κ3) is 4.68. The molecule has 2 aromatic rings. The van der Waals surface area contributed by atoms with E-state index in [1.807, 2.05) is 0 Å². The number of carbonyl (C=O) groups excluding carboxylic acids is 1. The van der Waals surface area contributed by atoms with E-state index in [0.717, 1.165) is 5.56 Å². The van der Waals surface area contributed by atoms with Crippen LogP contribution in [0.15, 0.2) is 58.8 Å². The molecule has 114 valence electrons. The van der Waals surface area contributed by atoms with Crippen LogP contribution in [0, 0.1) is 0 Å². The van der Waals surface area contributed by atoms with E-state index < -0.39 is 5.97 Å². The Morgan fingerprint density at radius 1 is 1.00 bits per heavy atom. The van der Waals surface area contributed by atoms with Gasteiger partial charge >= 0.3 is 5.97 Å². The van der Waals surface area contributed by atoms with Crippen molar-refractivity contribution in [1.29, 1.82) is 0 Å². The highest BCUT2D eigenvalue weighted by Gasteiger charge is 2.01. The maximum Gasteiger partial charge on any atom is 0.343 e. The predicted octanol–water partition coefficient (Wildman–Crippen LogP) is 3.15. The number of methoxy groups -OCH3 is 1. The minimum Gasteiger partial charge on any atom is -0.482 e. The maximum atomic E-state index is 11.0. The molecule has 0 atom stereocenters. The summed E-state index contributed by atoms with van der Waals surface area (Å²) in [5.41, 5.74) is 2.19. The molecule has 2 rings (SSSR count). The van der Waals surface area contributed by atoms with Crippen molar-refractivity contribution in [2.75, 3.05) is 13.7 Å². The molecule has 0 amide bonds.